The van der Waals surface area contributed by atoms with Crippen LogP contribution in [0.1, 0.15) is 25.8 Å². The van der Waals surface area contributed by atoms with Crippen molar-refractivity contribution < 1.29 is 13.6 Å². The minimum atomic E-state index is -0.678. The summed E-state index contributed by atoms with van der Waals surface area (Å²) in [5.41, 5.74) is -0.655. The summed E-state index contributed by atoms with van der Waals surface area (Å²) in [7, 11) is 0. The monoisotopic (exact) mass is 345 g/mol. The Hall–Kier alpha value is -0.810. The minimum Gasteiger partial charge on any atom is -0.316 e. The Kier molecular flexibility index (Phi) is 4.59. The van der Waals surface area contributed by atoms with Crippen LogP contribution in [0, 0.1) is 23.0 Å². The molecule has 2 nitrogen and oxygen atoms in total. The molecule has 1 heterocycles. The van der Waals surface area contributed by atoms with Gasteiger partial charge in [0.2, 0.25) is 0 Å². The van der Waals surface area contributed by atoms with Crippen molar-refractivity contribution in [1.82, 2.24) is 5.32 Å². The summed E-state index contributed by atoms with van der Waals surface area (Å²) in [4.78, 5) is 12.6. The van der Waals surface area contributed by atoms with E-state index >= 15 is 0 Å². The largest absolute Gasteiger partial charge is 0.316 e. The third-order valence-corrected chi connectivity index (χ3v) is 4.94. The quantitative estimate of drug-likeness (QED) is 0.846. The number of ketones is 1. The SMILES string of the molecule is CC(C)C1(C(=O)Cc2c(F)ccc(Br)c2F)CCNC1. The van der Waals surface area contributed by atoms with Gasteiger partial charge in [-0.25, -0.2) is 8.78 Å². The highest BCUT2D eigenvalue weighted by molar-refractivity contribution is 9.10. The van der Waals surface area contributed by atoms with Gasteiger partial charge >= 0.3 is 0 Å². The fraction of sp³-hybridized carbons (Fsp3) is 0.533. The van der Waals surface area contributed by atoms with Crippen molar-refractivity contribution in [1.29, 1.82) is 0 Å². The Balaban J connectivity index is 2.30. The zero-order chi connectivity index (χ0) is 14.9. The molecule has 1 N–H and O–H groups in total. The number of hydrogen-bond donors (Lipinski definition) is 1. The van der Waals surface area contributed by atoms with E-state index < -0.39 is 17.0 Å². The van der Waals surface area contributed by atoms with Gasteiger partial charge in [-0.05, 0) is 46.9 Å². The number of Topliss-reactive ketones (excluding diaryl/α,β-unsaturated/α-hetero) is 1. The average molecular weight is 346 g/mol. The maximum atomic E-state index is 14.0. The molecular formula is C15H18BrF2NO. The molecule has 1 aromatic rings. The summed E-state index contributed by atoms with van der Waals surface area (Å²) in [6.45, 7) is 5.32. The third-order valence-electron chi connectivity index (χ3n) is 4.33. The van der Waals surface area contributed by atoms with Crippen molar-refractivity contribution in [2.45, 2.75) is 26.7 Å². The zero-order valence-electron chi connectivity index (χ0n) is 11.6. The van der Waals surface area contributed by atoms with Crippen molar-refractivity contribution in [3.63, 3.8) is 0 Å². The molecule has 2 rings (SSSR count). The lowest BCUT2D eigenvalue weighted by Gasteiger charge is -2.31. The Morgan fingerprint density at radius 3 is 2.70 bits per heavy atom. The number of carbonyl (C=O) groups excluding carboxylic acids is 1. The first-order valence-electron chi connectivity index (χ1n) is 6.75. The van der Waals surface area contributed by atoms with Crippen LogP contribution in [0.4, 0.5) is 8.78 Å². The summed E-state index contributed by atoms with van der Waals surface area (Å²) in [6, 6.07) is 2.50. The molecule has 1 atom stereocenters. The van der Waals surface area contributed by atoms with E-state index in [0.29, 0.717) is 6.54 Å². The van der Waals surface area contributed by atoms with E-state index in [1.807, 2.05) is 13.8 Å². The third kappa shape index (κ3) is 2.66. The fourth-order valence-corrected chi connectivity index (χ4v) is 3.20. The van der Waals surface area contributed by atoms with E-state index in [1.54, 1.807) is 0 Å². The van der Waals surface area contributed by atoms with Gasteiger partial charge in [-0.1, -0.05) is 13.8 Å². The van der Waals surface area contributed by atoms with Crippen molar-refractivity contribution in [3.05, 3.63) is 33.8 Å². The molecular weight excluding hydrogens is 328 g/mol. The molecule has 1 aliphatic heterocycles. The van der Waals surface area contributed by atoms with Gasteiger partial charge in [0.15, 0.2) is 0 Å². The summed E-state index contributed by atoms with van der Waals surface area (Å²) in [5, 5.41) is 3.18. The van der Waals surface area contributed by atoms with Gasteiger partial charge in [-0.15, -0.1) is 0 Å². The standard InChI is InChI=1S/C15H18BrF2NO/c1-9(2)15(5-6-19-8-15)13(20)7-10-12(17)4-3-11(16)14(10)18/h3-4,9,19H,5-8H2,1-2H3. The van der Waals surface area contributed by atoms with Crippen LogP contribution < -0.4 is 5.32 Å². The highest BCUT2D eigenvalue weighted by atomic mass is 79.9. The van der Waals surface area contributed by atoms with Gasteiger partial charge in [-0.2, -0.15) is 0 Å². The number of nitrogens with one attached hydrogen (secondary N) is 1. The first-order chi connectivity index (χ1) is 9.38. The minimum absolute atomic E-state index is 0.0894. The fourth-order valence-electron chi connectivity index (χ4n) is 2.83. The van der Waals surface area contributed by atoms with Crippen LogP contribution in [-0.2, 0) is 11.2 Å². The van der Waals surface area contributed by atoms with Crippen molar-refractivity contribution in [3.8, 4) is 0 Å². The van der Waals surface area contributed by atoms with Crippen LogP contribution in [0.5, 0.6) is 0 Å². The van der Waals surface area contributed by atoms with Crippen molar-refractivity contribution in [2.24, 2.45) is 11.3 Å². The lowest BCUT2D eigenvalue weighted by Crippen LogP contribution is -2.39. The highest BCUT2D eigenvalue weighted by Gasteiger charge is 2.43. The average Bonchev–Trinajstić information content (AvgIpc) is 2.90. The second-order valence-electron chi connectivity index (χ2n) is 5.66. The Bertz CT molecular complexity index is 525. The van der Waals surface area contributed by atoms with Crippen molar-refractivity contribution in [2.75, 3.05) is 13.1 Å². The predicted octanol–water partition coefficient (Wildman–Crippen LogP) is 3.47. The maximum Gasteiger partial charge on any atom is 0.145 e. The molecule has 1 saturated heterocycles. The molecule has 1 unspecified atom stereocenters. The van der Waals surface area contributed by atoms with Gasteiger partial charge in [0, 0.05) is 23.9 Å². The second-order valence-corrected chi connectivity index (χ2v) is 6.51. The van der Waals surface area contributed by atoms with Crippen LogP contribution in [0.3, 0.4) is 0 Å². The first kappa shape index (κ1) is 15.6. The van der Waals surface area contributed by atoms with Crippen LogP contribution in [-0.4, -0.2) is 18.9 Å². The van der Waals surface area contributed by atoms with Crippen LogP contribution >= 0.6 is 15.9 Å². The summed E-state index contributed by atoms with van der Waals surface area (Å²) >= 11 is 3.03. The van der Waals surface area contributed by atoms with Crippen molar-refractivity contribution >= 4 is 21.7 Å². The molecule has 0 bridgehead atoms. The van der Waals surface area contributed by atoms with E-state index in [0.717, 1.165) is 13.0 Å². The zero-order valence-corrected chi connectivity index (χ0v) is 13.2. The van der Waals surface area contributed by atoms with Crippen LogP contribution in [0.25, 0.3) is 0 Å². The van der Waals surface area contributed by atoms with Crippen LogP contribution in [0.15, 0.2) is 16.6 Å². The smallest absolute Gasteiger partial charge is 0.145 e. The molecule has 1 fully saturated rings. The lowest BCUT2D eigenvalue weighted by molar-refractivity contribution is -0.129. The molecule has 0 aliphatic carbocycles. The normalized spacial score (nSPS) is 22.5. The number of carbonyl (C=O) groups is 1. The van der Waals surface area contributed by atoms with Gasteiger partial charge in [-0.3, -0.25) is 4.79 Å². The van der Waals surface area contributed by atoms with E-state index in [1.165, 1.54) is 12.1 Å². The molecule has 1 aromatic carbocycles. The molecule has 0 saturated carbocycles. The Morgan fingerprint density at radius 2 is 2.15 bits per heavy atom. The lowest BCUT2D eigenvalue weighted by atomic mass is 9.71. The number of rotatable bonds is 4. The molecule has 20 heavy (non-hydrogen) atoms. The van der Waals surface area contributed by atoms with Gasteiger partial charge in [0.1, 0.15) is 17.4 Å². The summed E-state index contributed by atoms with van der Waals surface area (Å²) in [6.07, 6.45) is 0.526. The molecule has 0 spiro atoms. The first-order valence-corrected chi connectivity index (χ1v) is 7.54. The summed E-state index contributed by atoms with van der Waals surface area (Å²) in [5.74, 6) is -1.29. The Labute approximate surface area is 126 Å². The topological polar surface area (TPSA) is 29.1 Å². The van der Waals surface area contributed by atoms with Gasteiger partial charge in [0.05, 0.1) is 4.47 Å². The molecule has 0 aromatic heterocycles. The number of halogens is 3. The number of hydrogen-bond acceptors (Lipinski definition) is 2. The second kappa shape index (κ2) is 5.90. The molecule has 5 heteroatoms. The van der Waals surface area contributed by atoms with E-state index in [4.69, 9.17) is 0 Å². The molecule has 110 valence electrons. The predicted molar refractivity (Wildman–Crippen MR) is 77.5 cm³/mol. The maximum absolute atomic E-state index is 14.0. The molecule has 0 amide bonds. The molecule has 1 aliphatic rings. The summed E-state index contributed by atoms with van der Waals surface area (Å²) < 4.78 is 27.9. The van der Waals surface area contributed by atoms with E-state index in [9.17, 15) is 13.6 Å². The molecule has 0 radical (unpaired) electrons. The Morgan fingerprint density at radius 1 is 1.45 bits per heavy atom. The highest BCUT2D eigenvalue weighted by Crippen LogP contribution is 2.37. The van der Waals surface area contributed by atoms with Gasteiger partial charge < -0.3 is 5.32 Å². The number of benzene rings is 1. The van der Waals surface area contributed by atoms with Crippen LogP contribution in [0.2, 0.25) is 0 Å². The van der Waals surface area contributed by atoms with Gasteiger partial charge in [0.25, 0.3) is 0 Å². The van der Waals surface area contributed by atoms with E-state index in [2.05, 4.69) is 21.2 Å². The van der Waals surface area contributed by atoms with E-state index in [-0.39, 0.29) is 28.2 Å².